The third-order valence-corrected chi connectivity index (χ3v) is 2.33. The summed E-state index contributed by atoms with van der Waals surface area (Å²) in [7, 11) is 0. The van der Waals surface area contributed by atoms with Crippen LogP contribution in [0.4, 0.5) is 0 Å². The van der Waals surface area contributed by atoms with Crippen molar-refractivity contribution in [1.29, 1.82) is 0 Å². The first-order valence-electron chi connectivity index (χ1n) is 8.47. The molecule has 0 bridgehead atoms. The van der Waals surface area contributed by atoms with Crippen molar-refractivity contribution < 1.29 is 57.5 Å². The Balaban J connectivity index is -0.0000000762. The second-order valence-corrected chi connectivity index (χ2v) is 4.54. The zero-order valence-electron chi connectivity index (χ0n) is 15.8. The third-order valence-electron chi connectivity index (χ3n) is 2.33. The maximum absolute atomic E-state index is 10.1. The van der Waals surface area contributed by atoms with Crippen LogP contribution in [0.1, 0.15) is 39.5 Å². The van der Waals surface area contributed by atoms with E-state index in [1.54, 1.807) is 4.90 Å². The molecule has 0 aliphatic carbocycles. The van der Waals surface area contributed by atoms with Gasteiger partial charge in [-0.15, -0.1) is 26.4 Å². The van der Waals surface area contributed by atoms with Crippen LogP contribution in [-0.4, -0.2) is 86.1 Å². The van der Waals surface area contributed by atoms with Crippen molar-refractivity contribution in [2.75, 3.05) is 65.9 Å². The van der Waals surface area contributed by atoms with E-state index >= 15 is 0 Å². The maximum Gasteiger partial charge on any atom is 4.00 e. The zero-order chi connectivity index (χ0) is 19.5. The molecule has 0 atom stereocenters. The van der Waals surface area contributed by atoms with E-state index in [4.69, 9.17) is 20.4 Å². The first-order chi connectivity index (χ1) is 11.6. The topological polar surface area (TPSA) is 156 Å². The quantitative estimate of drug-likeness (QED) is 0.297. The number of aliphatic hydroxyl groups excluding tert-OH is 3. The zero-order valence-corrected chi connectivity index (χ0v) is 17.4. The molecule has 0 spiro atoms. The molecule has 8 nitrogen and oxygen atoms in total. The van der Waals surface area contributed by atoms with E-state index in [2.05, 4.69) is 0 Å². The van der Waals surface area contributed by atoms with E-state index in [-0.39, 0.29) is 68.0 Å². The van der Waals surface area contributed by atoms with Gasteiger partial charge in [-0.25, -0.2) is 0 Å². The van der Waals surface area contributed by atoms with Crippen molar-refractivity contribution in [3.63, 3.8) is 0 Å². The minimum absolute atomic E-state index is 0. The summed E-state index contributed by atoms with van der Waals surface area (Å²) in [6.07, 6.45) is 3.73. The van der Waals surface area contributed by atoms with Gasteiger partial charge in [-0.3, -0.25) is 0 Å². The number of hydrogen-bond donors (Lipinski definition) is 3. The summed E-state index contributed by atoms with van der Waals surface area (Å²) < 4.78 is 0. The Kier molecular flexibility index (Phi) is 64.1. The van der Waals surface area contributed by atoms with Crippen LogP contribution in [0, 0.1) is 0 Å². The molecule has 0 aromatic rings. The van der Waals surface area contributed by atoms with Crippen molar-refractivity contribution in [1.82, 2.24) is 4.90 Å². The van der Waals surface area contributed by atoms with Gasteiger partial charge < -0.3 is 40.6 Å². The maximum atomic E-state index is 10.1. The molecule has 0 amide bonds. The summed E-state index contributed by atoms with van der Waals surface area (Å²) in [5.74, 6) is 0. The fourth-order valence-corrected chi connectivity index (χ4v) is 1.04. The normalized spacial score (nSPS) is 8.88. The van der Waals surface area contributed by atoms with Crippen LogP contribution in [0.15, 0.2) is 0 Å². The predicted octanol–water partition coefficient (Wildman–Crippen LogP) is -3.74. The van der Waals surface area contributed by atoms with Gasteiger partial charge in [0.25, 0.3) is 0 Å². The van der Waals surface area contributed by atoms with Crippen LogP contribution in [0.5, 0.6) is 0 Å². The first kappa shape index (κ1) is 36.3. The average molecular weight is 403 g/mol. The summed E-state index contributed by atoms with van der Waals surface area (Å²) in [5, 5.41) is 62.7. The standard InChI is InChI=1S/C6H14NO3.2C4H9O.C2H5O2.Ti/c8-4-1-7(2-5-9)3-6-10;2*1-2-3-4-5;3-1-2-4;/h8-9H,1-6H2;2*2-4H2,1H3;3H,1-2H2;/q4*-1;+4. The van der Waals surface area contributed by atoms with E-state index in [1.165, 1.54) is 0 Å². The van der Waals surface area contributed by atoms with E-state index < -0.39 is 0 Å². The second kappa shape index (κ2) is 44.1. The number of nitrogens with zero attached hydrogens (tertiary/aromatic N) is 1. The molecule has 0 radical (unpaired) electrons. The largest absolute Gasteiger partial charge is 4.00 e. The van der Waals surface area contributed by atoms with Crippen LogP contribution in [0.3, 0.4) is 0 Å². The van der Waals surface area contributed by atoms with E-state index in [1.807, 2.05) is 13.8 Å². The Morgan fingerprint density at radius 2 is 0.960 bits per heavy atom. The fraction of sp³-hybridized carbons (Fsp3) is 1.00. The Hall–Kier alpha value is 0.394. The number of hydrogen-bond acceptors (Lipinski definition) is 8. The molecular weight excluding hydrogens is 366 g/mol. The van der Waals surface area contributed by atoms with Gasteiger partial charge in [0.1, 0.15) is 0 Å². The van der Waals surface area contributed by atoms with Gasteiger partial charge in [-0.2, -0.15) is 0 Å². The van der Waals surface area contributed by atoms with Crippen LogP contribution >= 0.6 is 0 Å². The molecule has 0 saturated heterocycles. The minimum Gasteiger partial charge on any atom is -0.854 e. The molecule has 25 heavy (non-hydrogen) atoms. The molecule has 0 heterocycles. The molecule has 0 aromatic heterocycles. The average Bonchev–Trinajstić information content (AvgIpc) is 2.58. The summed E-state index contributed by atoms with van der Waals surface area (Å²) in [6, 6.07) is 0. The molecule has 0 aliphatic heterocycles. The van der Waals surface area contributed by atoms with Gasteiger partial charge in [0, 0.05) is 19.7 Å². The van der Waals surface area contributed by atoms with Gasteiger partial charge in [0.05, 0.1) is 13.2 Å². The van der Waals surface area contributed by atoms with Gasteiger partial charge >= 0.3 is 21.7 Å². The van der Waals surface area contributed by atoms with E-state index in [0.717, 1.165) is 25.7 Å². The Bertz CT molecular complexity index is 145. The molecule has 0 unspecified atom stereocenters. The van der Waals surface area contributed by atoms with Crippen LogP contribution < -0.4 is 20.4 Å². The summed E-state index contributed by atoms with van der Waals surface area (Å²) in [4.78, 5) is 1.73. The third kappa shape index (κ3) is 59.0. The molecule has 9 heteroatoms. The Labute approximate surface area is 168 Å². The van der Waals surface area contributed by atoms with Gasteiger partial charge in [-0.1, -0.05) is 39.5 Å². The Morgan fingerprint density at radius 3 is 1.08 bits per heavy atom. The molecule has 0 aromatic carbocycles. The minimum atomic E-state index is -0.375. The molecular formula is C16H37NO7Ti. The predicted molar refractivity (Wildman–Crippen MR) is 87.0 cm³/mol. The van der Waals surface area contributed by atoms with E-state index in [9.17, 15) is 15.3 Å². The molecule has 0 rings (SSSR count). The first-order valence-corrected chi connectivity index (χ1v) is 8.47. The van der Waals surface area contributed by atoms with Gasteiger partial charge in [0.2, 0.25) is 0 Å². The van der Waals surface area contributed by atoms with Crippen molar-refractivity contribution in [3.05, 3.63) is 0 Å². The monoisotopic (exact) mass is 403 g/mol. The van der Waals surface area contributed by atoms with Crippen molar-refractivity contribution in [2.45, 2.75) is 39.5 Å². The number of rotatable bonds is 11. The van der Waals surface area contributed by atoms with Crippen LogP contribution in [0.2, 0.25) is 0 Å². The summed E-state index contributed by atoms with van der Waals surface area (Å²) >= 11 is 0. The molecule has 0 saturated carbocycles. The molecule has 0 aliphatic rings. The van der Waals surface area contributed by atoms with Crippen LogP contribution in [0.25, 0.3) is 0 Å². The van der Waals surface area contributed by atoms with Gasteiger partial charge in [0.15, 0.2) is 0 Å². The van der Waals surface area contributed by atoms with Crippen LogP contribution in [-0.2, 0) is 21.7 Å². The van der Waals surface area contributed by atoms with Crippen molar-refractivity contribution >= 4 is 0 Å². The van der Waals surface area contributed by atoms with Gasteiger partial charge in [-0.05, 0) is 6.54 Å². The van der Waals surface area contributed by atoms with Crippen molar-refractivity contribution in [3.8, 4) is 0 Å². The SMILES string of the molecule is CCCC[O-].CCCC[O-].[O-]CCN(CCO)CCO.[O-]CCO.[Ti+4]. The number of aliphatic hydroxyl groups is 3. The second-order valence-electron chi connectivity index (χ2n) is 4.54. The summed E-state index contributed by atoms with van der Waals surface area (Å²) in [6.45, 7) is 4.86. The smallest absolute Gasteiger partial charge is 0.854 e. The van der Waals surface area contributed by atoms with E-state index in [0.29, 0.717) is 19.6 Å². The van der Waals surface area contributed by atoms with Crippen molar-refractivity contribution in [2.24, 2.45) is 0 Å². The molecule has 3 N–H and O–H groups in total. The number of unbranched alkanes of at least 4 members (excludes halogenated alkanes) is 2. The molecule has 0 fully saturated rings. The Morgan fingerprint density at radius 1 is 0.600 bits per heavy atom. The molecule has 152 valence electrons. The summed E-state index contributed by atoms with van der Waals surface area (Å²) in [5.41, 5.74) is 0. The fourth-order valence-electron chi connectivity index (χ4n) is 1.04.